The first kappa shape index (κ1) is 22.4. The van der Waals surface area contributed by atoms with Crippen LogP contribution in [0.4, 0.5) is 9.93 Å². The van der Waals surface area contributed by atoms with Crippen LogP contribution in [0.25, 0.3) is 0 Å². The Hall–Kier alpha value is -2.26. The third kappa shape index (κ3) is 6.63. The number of carbonyl (C=O) groups is 2. The van der Waals surface area contributed by atoms with Crippen molar-refractivity contribution >= 4 is 40.2 Å². The maximum atomic E-state index is 13.1. The van der Waals surface area contributed by atoms with Crippen molar-refractivity contribution in [3.8, 4) is 5.75 Å². The summed E-state index contributed by atoms with van der Waals surface area (Å²) in [6.07, 6.45) is 7.93. The molecule has 0 saturated heterocycles. The third-order valence-corrected chi connectivity index (χ3v) is 7.21. The van der Waals surface area contributed by atoms with Gasteiger partial charge in [0.05, 0.1) is 23.3 Å². The Kier molecular flexibility index (Phi) is 8.39. The molecule has 3 rings (SSSR count). The van der Waals surface area contributed by atoms with Gasteiger partial charge in [0.15, 0.2) is 5.13 Å². The zero-order chi connectivity index (χ0) is 21.3. The van der Waals surface area contributed by atoms with Gasteiger partial charge in [0.25, 0.3) is 0 Å². The third-order valence-electron chi connectivity index (χ3n) is 5.11. The molecule has 1 aliphatic carbocycles. The van der Waals surface area contributed by atoms with Gasteiger partial charge < -0.3 is 14.7 Å². The largest absolute Gasteiger partial charge is 0.497 e. The number of thioether (sulfide) groups is 1. The maximum absolute atomic E-state index is 13.1. The molecule has 0 spiro atoms. The fraction of sp³-hybridized carbons (Fsp3) is 0.476. The Bertz CT molecular complexity index is 835. The van der Waals surface area contributed by atoms with E-state index in [1.165, 1.54) is 29.5 Å². The van der Waals surface area contributed by atoms with Crippen LogP contribution in [0, 0.1) is 0 Å². The van der Waals surface area contributed by atoms with Crippen LogP contribution in [0.15, 0.2) is 34.7 Å². The smallest absolute Gasteiger partial charge is 0.323 e. The van der Waals surface area contributed by atoms with Crippen LogP contribution in [0.1, 0.15) is 37.7 Å². The van der Waals surface area contributed by atoms with Crippen molar-refractivity contribution in [1.82, 2.24) is 9.88 Å². The summed E-state index contributed by atoms with van der Waals surface area (Å²) in [4.78, 5) is 30.0. The highest BCUT2D eigenvalue weighted by atomic mass is 32.2. The summed E-state index contributed by atoms with van der Waals surface area (Å²) in [6.45, 7) is 0.634. The number of hydrogen-bond donors (Lipinski definition) is 2. The summed E-state index contributed by atoms with van der Waals surface area (Å²) in [6, 6.07) is 8.03. The van der Waals surface area contributed by atoms with Crippen molar-refractivity contribution < 1.29 is 19.4 Å². The van der Waals surface area contributed by atoms with Gasteiger partial charge in [0.1, 0.15) is 5.75 Å². The van der Waals surface area contributed by atoms with Gasteiger partial charge in [-0.3, -0.25) is 10.1 Å². The van der Waals surface area contributed by atoms with Crippen molar-refractivity contribution in [2.24, 2.45) is 0 Å². The SMILES string of the molecule is COc1ccc(CCN(C(=O)Nc2ncc(SCC(=O)O)s2)C2CCCCC2)cc1. The molecule has 0 atom stereocenters. The first-order chi connectivity index (χ1) is 14.5. The molecular weight excluding hydrogens is 422 g/mol. The molecule has 1 aromatic heterocycles. The van der Waals surface area contributed by atoms with Crippen LogP contribution in [0.2, 0.25) is 0 Å². The number of anilines is 1. The predicted octanol–water partition coefficient (Wildman–Crippen LogP) is 4.74. The van der Waals surface area contributed by atoms with E-state index in [4.69, 9.17) is 9.84 Å². The lowest BCUT2D eigenvalue weighted by Gasteiger charge is -2.34. The fourth-order valence-electron chi connectivity index (χ4n) is 3.56. The normalized spacial score (nSPS) is 14.3. The number of nitrogens with zero attached hydrogens (tertiary/aromatic N) is 2. The lowest BCUT2D eigenvalue weighted by atomic mass is 9.94. The number of carboxylic acids is 1. The summed E-state index contributed by atoms with van der Waals surface area (Å²) in [5.41, 5.74) is 1.16. The molecule has 0 unspecified atom stereocenters. The van der Waals surface area contributed by atoms with E-state index in [-0.39, 0.29) is 17.8 Å². The van der Waals surface area contributed by atoms with Gasteiger partial charge in [0, 0.05) is 12.6 Å². The molecule has 0 bridgehead atoms. The molecule has 0 radical (unpaired) electrons. The number of methoxy groups -OCH3 is 1. The molecule has 30 heavy (non-hydrogen) atoms. The average Bonchev–Trinajstić information content (AvgIpc) is 3.21. The van der Waals surface area contributed by atoms with Gasteiger partial charge in [-0.1, -0.05) is 42.7 Å². The minimum Gasteiger partial charge on any atom is -0.497 e. The van der Waals surface area contributed by atoms with Crippen molar-refractivity contribution in [3.05, 3.63) is 36.0 Å². The lowest BCUT2D eigenvalue weighted by molar-refractivity contribution is -0.133. The van der Waals surface area contributed by atoms with Gasteiger partial charge in [-0.2, -0.15) is 0 Å². The predicted molar refractivity (Wildman–Crippen MR) is 120 cm³/mol. The number of hydrogen-bond acceptors (Lipinski definition) is 6. The second-order valence-electron chi connectivity index (χ2n) is 7.18. The van der Waals surface area contributed by atoms with Gasteiger partial charge >= 0.3 is 12.0 Å². The molecule has 0 aliphatic heterocycles. The number of carboxylic acid groups (broad SMARTS) is 1. The van der Waals surface area contributed by atoms with E-state index in [2.05, 4.69) is 10.3 Å². The van der Waals surface area contributed by atoms with Gasteiger partial charge in [-0.05, 0) is 37.0 Å². The minimum atomic E-state index is -0.874. The molecule has 2 amide bonds. The van der Waals surface area contributed by atoms with Crippen LogP contribution >= 0.6 is 23.1 Å². The molecule has 7 nitrogen and oxygen atoms in total. The number of carbonyl (C=O) groups excluding carboxylic acids is 1. The highest BCUT2D eigenvalue weighted by Crippen LogP contribution is 2.29. The van der Waals surface area contributed by atoms with Crippen molar-refractivity contribution in [2.45, 2.75) is 48.8 Å². The number of benzene rings is 1. The maximum Gasteiger partial charge on any atom is 0.323 e. The lowest BCUT2D eigenvalue weighted by Crippen LogP contribution is -2.45. The minimum absolute atomic E-state index is 0.0222. The zero-order valence-corrected chi connectivity index (χ0v) is 18.6. The van der Waals surface area contributed by atoms with E-state index >= 15 is 0 Å². The second kappa shape index (κ2) is 11.2. The van der Waals surface area contributed by atoms with Crippen LogP contribution in [0.3, 0.4) is 0 Å². The number of urea groups is 1. The molecule has 2 aromatic rings. The molecule has 162 valence electrons. The first-order valence-electron chi connectivity index (χ1n) is 10.1. The number of rotatable bonds is 9. The highest BCUT2D eigenvalue weighted by Gasteiger charge is 2.26. The summed E-state index contributed by atoms with van der Waals surface area (Å²) < 4.78 is 5.99. The van der Waals surface area contributed by atoms with E-state index < -0.39 is 5.97 Å². The van der Waals surface area contributed by atoms with Crippen LogP contribution < -0.4 is 10.1 Å². The Morgan fingerprint density at radius 2 is 2.00 bits per heavy atom. The van der Waals surface area contributed by atoms with E-state index in [0.29, 0.717) is 11.7 Å². The standard InChI is InChI=1S/C21H27N3O4S2/c1-28-17-9-7-15(8-10-17)11-12-24(16-5-3-2-4-6-16)21(27)23-20-22-13-19(30-20)29-14-18(25)26/h7-10,13,16H,2-6,11-12,14H2,1H3,(H,25,26)(H,22,23,27). The van der Waals surface area contributed by atoms with E-state index in [0.717, 1.165) is 47.6 Å². The number of ether oxygens (including phenoxy) is 1. The highest BCUT2D eigenvalue weighted by molar-refractivity contribution is 8.01. The molecule has 1 aromatic carbocycles. The molecular formula is C21H27N3O4S2. The van der Waals surface area contributed by atoms with E-state index in [9.17, 15) is 9.59 Å². The van der Waals surface area contributed by atoms with Crippen molar-refractivity contribution in [2.75, 3.05) is 24.7 Å². The number of aliphatic carboxylic acids is 1. The average molecular weight is 450 g/mol. The van der Waals surface area contributed by atoms with E-state index in [1.807, 2.05) is 29.2 Å². The molecule has 1 fully saturated rings. The zero-order valence-electron chi connectivity index (χ0n) is 17.0. The summed E-state index contributed by atoms with van der Waals surface area (Å²) in [5, 5.41) is 12.2. The Morgan fingerprint density at radius 1 is 1.27 bits per heavy atom. The van der Waals surface area contributed by atoms with Crippen LogP contribution in [-0.2, 0) is 11.2 Å². The van der Waals surface area contributed by atoms with Crippen LogP contribution in [0.5, 0.6) is 5.75 Å². The number of thiazole rings is 1. The topological polar surface area (TPSA) is 91.8 Å². The van der Waals surface area contributed by atoms with Gasteiger partial charge in [-0.25, -0.2) is 9.78 Å². The van der Waals surface area contributed by atoms with Gasteiger partial charge in [0.2, 0.25) is 0 Å². The quantitative estimate of drug-likeness (QED) is 0.538. The molecule has 1 heterocycles. The van der Waals surface area contributed by atoms with Crippen molar-refractivity contribution in [3.63, 3.8) is 0 Å². The monoisotopic (exact) mass is 449 g/mol. The summed E-state index contributed by atoms with van der Waals surface area (Å²) >= 11 is 2.51. The van der Waals surface area contributed by atoms with Crippen molar-refractivity contribution in [1.29, 1.82) is 0 Å². The summed E-state index contributed by atoms with van der Waals surface area (Å²) in [5.74, 6) is -0.0759. The second-order valence-corrected chi connectivity index (χ2v) is 9.49. The van der Waals surface area contributed by atoms with E-state index in [1.54, 1.807) is 13.3 Å². The molecule has 1 saturated carbocycles. The summed E-state index contributed by atoms with van der Waals surface area (Å²) in [7, 11) is 1.65. The number of amides is 2. The van der Waals surface area contributed by atoms with Gasteiger partial charge in [-0.15, -0.1) is 11.8 Å². The molecule has 2 N–H and O–H groups in total. The Balaban J connectivity index is 1.63. The Labute approximate surface area is 184 Å². The fourth-order valence-corrected chi connectivity index (χ4v) is 5.15. The number of nitrogens with one attached hydrogen (secondary N) is 1. The Morgan fingerprint density at radius 3 is 2.67 bits per heavy atom. The van der Waals surface area contributed by atoms with Crippen LogP contribution in [-0.4, -0.2) is 52.4 Å². The first-order valence-corrected chi connectivity index (χ1v) is 11.9. The number of aromatic nitrogens is 1. The molecule has 1 aliphatic rings. The molecule has 9 heteroatoms.